The van der Waals surface area contributed by atoms with E-state index in [1.165, 1.54) is 28.0 Å². The smallest absolute Gasteiger partial charge is 0.341 e. The summed E-state index contributed by atoms with van der Waals surface area (Å²) >= 11 is 2.75. The zero-order valence-corrected chi connectivity index (χ0v) is 15.5. The fourth-order valence-electron chi connectivity index (χ4n) is 2.73. The van der Waals surface area contributed by atoms with Crippen molar-refractivity contribution in [3.63, 3.8) is 0 Å². The first-order valence-electron chi connectivity index (χ1n) is 8.20. The number of thioether (sulfide) groups is 1. The van der Waals surface area contributed by atoms with E-state index in [2.05, 4.69) is 15.3 Å². The van der Waals surface area contributed by atoms with E-state index < -0.39 is 0 Å². The first-order valence-corrected chi connectivity index (χ1v) is 10.0. The molecule has 0 saturated heterocycles. The van der Waals surface area contributed by atoms with Gasteiger partial charge < -0.3 is 10.1 Å². The average Bonchev–Trinajstić information content (AvgIpc) is 2.99. The fraction of sp³-hybridized carbons (Fsp3) is 0.412. The highest BCUT2D eigenvalue weighted by Gasteiger charge is 2.27. The Kier molecular flexibility index (Phi) is 6.04. The van der Waals surface area contributed by atoms with Crippen LogP contribution in [-0.2, 0) is 22.4 Å². The summed E-state index contributed by atoms with van der Waals surface area (Å²) in [6.07, 6.45) is 7.27. The van der Waals surface area contributed by atoms with Crippen LogP contribution in [0.2, 0.25) is 0 Å². The molecule has 6 nitrogen and oxygen atoms in total. The number of hydrogen-bond acceptors (Lipinski definition) is 7. The predicted octanol–water partition coefficient (Wildman–Crippen LogP) is 3.32. The van der Waals surface area contributed by atoms with Gasteiger partial charge in [-0.05, 0) is 44.2 Å². The van der Waals surface area contributed by atoms with Crippen LogP contribution in [0.5, 0.6) is 0 Å². The molecule has 0 spiro atoms. The van der Waals surface area contributed by atoms with E-state index in [-0.39, 0.29) is 17.6 Å². The number of hydrogen-bond donors (Lipinski definition) is 1. The number of esters is 1. The molecule has 2 aromatic rings. The molecule has 0 aliphatic heterocycles. The minimum atomic E-state index is -0.351. The lowest BCUT2D eigenvalue weighted by atomic mass is 9.95. The molecule has 0 atom stereocenters. The van der Waals surface area contributed by atoms with Crippen LogP contribution in [0.3, 0.4) is 0 Å². The summed E-state index contributed by atoms with van der Waals surface area (Å²) in [5.74, 6) is -0.340. The second-order valence-corrected chi connectivity index (χ2v) is 7.55. The second kappa shape index (κ2) is 8.44. The molecule has 2 aromatic heterocycles. The summed E-state index contributed by atoms with van der Waals surface area (Å²) in [5.41, 5.74) is 1.58. The summed E-state index contributed by atoms with van der Waals surface area (Å²) in [5, 5.41) is 4.03. The molecule has 3 rings (SSSR count). The van der Waals surface area contributed by atoms with Crippen LogP contribution in [0.25, 0.3) is 0 Å². The molecule has 2 heterocycles. The largest absolute Gasteiger partial charge is 0.462 e. The van der Waals surface area contributed by atoms with Gasteiger partial charge in [-0.3, -0.25) is 4.79 Å². The third-order valence-electron chi connectivity index (χ3n) is 3.78. The van der Waals surface area contributed by atoms with Crippen LogP contribution < -0.4 is 5.32 Å². The van der Waals surface area contributed by atoms with Crippen molar-refractivity contribution in [3.05, 3.63) is 34.5 Å². The standard InChI is InChI=1S/C17H19N3O3S2/c1-2-23-16(22)14-11-6-3-4-7-12(11)25-15(14)20-13(21)10-24-17-18-8-5-9-19-17/h5,8-9H,2-4,6-7,10H2,1H3,(H,20,21). The van der Waals surface area contributed by atoms with E-state index in [0.717, 1.165) is 31.2 Å². The Morgan fingerprint density at radius 3 is 2.80 bits per heavy atom. The number of carbonyl (C=O) groups is 2. The maximum atomic E-state index is 12.4. The molecule has 0 radical (unpaired) electrons. The number of fused-ring (bicyclic) bond motifs is 1. The topological polar surface area (TPSA) is 81.2 Å². The molecule has 1 N–H and O–H groups in total. The summed E-state index contributed by atoms with van der Waals surface area (Å²) < 4.78 is 5.20. The van der Waals surface area contributed by atoms with E-state index in [9.17, 15) is 9.59 Å². The molecule has 8 heteroatoms. The molecular formula is C17H19N3O3S2. The van der Waals surface area contributed by atoms with Crippen molar-refractivity contribution >= 4 is 40.0 Å². The Morgan fingerprint density at radius 2 is 2.04 bits per heavy atom. The zero-order valence-electron chi connectivity index (χ0n) is 13.9. The van der Waals surface area contributed by atoms with Gasteiger partial charge in [-0.25, -0.2) is 14.8 Å². The molecule has 0 saturated carbocycles. The number of nitrogens with one attached hydrogen (secondary N) is 1. The van der Waals surface area contributed by atoms with E-state index in [1.54, 1.807) is 25.4 Å². The van der Waals surface area contributed by atoms with Crippen molar-refractivity contribution in [2.45, 2.75) is 37.8 Å². The van der Waals surface area contributed by atoms with Crippen LogP contribution in [0.1, 0.15) is 40.6 Å². The molecule has 0 bridgehead atoms. The summed E-state index contributed by atoms with van der Waals surface area (Å²) in [6.45, 7) is 2.10. The van der Waals surface area contributed by atoms with Gasteiger partial charge >= 0.3 is 5.97 Å². The molecule has 0 fully saturated rings. The lowest BCUT2D eigenvalue weighted by molar-refractivity contribution is -0.113. The lowest BCUT2D eigenvalue weighted by Gasteiger charge is -2.12. The van der Waals surface area contributed by atoms with E-state index >= 15 is 0 Å². The van der Waals surface area contributed by atoms with E-state index in [4.69, 9.17) is 4.74 Å². The van der Waals surface area contributed by atoms with Gasteiger partial charge in [0, 0.05) is 17.3 Å². The van der Waals surface area contributed by atoms with Gasteiger partial charge in [-0.2, -0.15) is 0 Å². The van der Waals surface area contributed by atoms with Crippen LogP contribution in [0.15, 0.2) is 23.6 Å². The Bertz CT molecular complexity index is 762. The number of aryl methyl sites for hydroxylation is 1. The molecule has 1 aliphatic carbocycles. The van der Waals surface area contributed by atoms with Crippen molar-refractivity contribution < 1.29 is 14.3 Å². The highest BCUT2D eigenvalue weighted by molar-refractivity contribution is 7.99. The molecule has 1 aliphatic rings. The number of nitrogens with zero attached hydrogens (tertiary/aromatic N) is 2. The number of carbonyl (C=O) groups excluding carboxylic acids is 2. The van der Waals surface area contributed by atoms with Crippen molar-refractivity contribution in [2.24, 2.45) is 0 Å². The van der Waals surface area contributed by atoms with Crippen LogP contribution in [-0.4, -0.2) is 34.2 Å². The molecular weight excluding hydrogens is 358 g/mol. The minimum Gasteiger partial charge on any atom is -0.462 e. The molecule has 132 valence electrons. The first kappa shape index (κ1) is 17.9. The van der Waals surface area contributed by atoms with E-state index in [0.29, 0.717) is 22.3 Å². The predicted molar refractivity (Wildman–Crippen MR) is 98.3 cm³/mol. The van der Waals surface area contributed by atoms with Gasteiger partial charge in [0.05, 0.1) is 17.9 Å². The highest BCUT2D eigenvalue weighted by atomic mass is 32.2. The number of anilines is 1. The van der Waals surface area contributed by atoms with Gasteiger partial charge in [0.15, 0.2) is 5.16 Å². The summed E-state index contributed by atoms with van der Waals surface area (Å²) in [4.78, 5) is 34.0. The average molecular weight is 377 g/mol. The van der Waals surface area contributed by atoms with Crippen molar-refractivity contribution in [1.82, 2.24) is 9.97 Å². The Hall–Kier alpha value is -1.93. The van der Waals surface area contributed by atoms with Gasteiger partial charge in [0.25, 0.3) is 0 Å². The van der Waals surface area contributed by atoms with Crippen molar-refractivity contribution in [3.8, 4) is 0 Å². The van der Waals surface area contributed by atoms with Gasteiger partial charge in [-0.15, -0.1) is 11.3 Å². The monoisotopic (exact) mass is 377 g/mol. The number of aromatic nitrogens is 2. The van der Waals surface area contributed by atoms with Gasteiger partial charge in [-0.1, -0.05) is 11.8 Å². The molecule has 1 amide bonds. The number of amides is 1. The maximum Gasteiger partial charge on any atom is 0.341 e. The highest BCUT2D eigenvalue weighted by Crippen LogP contribution is 2.38. The van der Waals surface area contributed by atoms with E-state index in [1.807, 2.05) is 0 Å². The summed E-state index contributed by atoms with van der Waals surface area (Å²) in [6, 6.07) is 1.73. The molecule has 0 aromatic carbocycles. The van der Waals surface area contributed by atoms with Crippen LogP contribution in [0, 0.1) is 0 Å². The van der Waals surface area contributed by atoms with Crippen LogP contribution >= 0.6 is 23.1 Å². The number of ether oxygens (including phenoxy) is 1. The van der Waals surface area contributed by atoms with Crippen molar-refractivity contribution in [2.75, 3.05) is 17.7 Å². The van der Waals surface area contributed by atoms with Gasteiger partial charge in [0.1, 0.15) is 5.00 Å². The number of thiophene rings is 1. The maximum absolute atomic E-state index is 12.4. The quantitative estimate of drug-likeness (QED) is 0.472. The van der Waals surface area contributed by atoms with Gasteiger partial charge in [0.2, 0.25) is 5.91 Å². The second-order valence-electron chi connectivity index (χ2n) is 5.50. The zero-order chi connectivity index (χ0) is 17.6. The normalized spacial score (nSPS) is 13.2. The molecule has 25 heavy (non-hydrogen) atoms. The first-order chi connectivity index (χ1) is 12.2. The van der Waals surface area contributed by atoms with Crippen molar-refractivity contribution in [1.29, 1.82) is 0 Å². The Morgan fingerprint density at radius 1 is 1.28 bits per heavy atom. The number of rotatable bonds is 6. The lowest BCUT2D eigenvalue weighted by Crippen LogP contribution is -2.17. The fourth-order valence-corrected chi connectivity index (χ4v) is 4.62. The minimum absolute atomic E-state index is 0.179. The molecule has 0 unspecified atom stereocenters. The Labute approximate surface area is 154 Å². The SMILES string of the molecule is CCOC(=O)c1c(NC(=O)CSc2ncccn2)sc2c1CCCC2. The summed E-state index contributed by atoms with van der Waals surface area (Å²) in [7, 11) is 0. The van der Waals surface area contributed by atoms with Crippen LogP contribution in [0.4, 0.5) is 5.00 Å². The third-order valence-corrected chi connectivity index (χ3v) is 5.86. The third kappa shape index (κ3) is 4.38. The Balaban J connectivity index is 1.73.